The van der Waals surface area contributed by atoms with E-state index in [1.807, 2.05) is 0 Å². The Hall–Kier alpha value is -1.12. The average molecular weight is 406 g/mol. The Bertz CT molecular complexity index is 458. The summed E-state index contributed by atoms with van der Waals surface area (Å²) < 4.78 is 0. The third-order valence-corrected chi connectivity index (χ3v) is 6.34. The summed E-state index contributed by atoms with van der Waals surface area (Å²) in [4.78, 5) is 24.9. The molecule has 0 spiro atoms. The predicted molar refractivity (Wildman–Crippen MR) is 124 cm³/mol. The summed E-state index contributed by atoms with van der Waals surface area (Å²) in [6.07, 6.45) is 24.8. The van der Waals surface area contributed by atoms with Gasteiger partial charge in [0, 0.05) is 19.4 Å². The SMILES string of the molecule is CCCCCCCCCCC/C=C(\C)C(CCCCCCC=O)N1CCCC1=O. The maximum atomic E-state index is 12.3. The molecule has 0 aromatic rings. The zero-order valence-corrected chi connectivity index (χ0v) is 19.4. The molecule has 1 saturated heterocycles. The largest absolute Gasteiger partial charge is 0.336 e. The van der Waals surface area contributed by atoms with Crippen LogP contribution in [0, 0.1) is 0 Å². The van der Waals surface area contributed by atoms with Crippen molar-refractivity contribution in [2.75, 3.05) is 6.54 Å². The molecule has 3 heteroatoms. The predicted octanol–water partition coefficient (Wildman–Crippen LogP) is 7.38. The molecule has 1 heterocycles. The first kappa shape index (κ1) is 25.9. The molecule has 0 N–H and O–H groups in total. The van der Waals surface area contributed by atoms with E-state index < -0.39 is 0 Å². The number of likely N-dealkylation sites (tertiary alicyclic amines) is 1. The van der Waals surface area contributed by atoms with Gasteiger partial charge >= 0.3 is 0 Å². The highest BCUT2D eigenvalue weighted by molar-refractivity contribution is 5.78. The van der Waals surface area contributed by atoms with Crippen LogP contribution in [0.25, 0.3) is 0 Å². The number of carbonyl (C=O) groups is 2. The van der Waals surface area contributed by atoms with Gasteiger partial charge in [-0.1, -0.05) is 89.2 Å². The number of carbonyl (C=O) groups excluding carboxylic acids is 2. The zero-order chi connectivity index (χ0) is 21.2. The minimum atomic E-state index is 0.301. The number of rotatable bonds is 19. The minimum absolute atomic E-state index is 0.301. The van der Waals surface area contributed by atoms with Crippen LogP contribution >= 0.6 is 0 Å². The molecule has 1 unspecified atom stereocenters. The van der Waals surface area contributed by atoms with E-state index in [0.29, 0.717) is 18.4 Å². The summed E-state index contributed by atoms with van der Waals surface area (Å²) in [5.74, 6) is 0.340. The number of hydrogen-bond acceptors (Lipinski definition) is 2. The Labute approximate surface area is 180 Å². The van der Waals surface area contributed by atoms with E-state index in [9.17, 15) is 9.59 Å². The summed E-state index contributed by atoms with van der Waals surface area (Å²) in [6.45, 7) is 5.43. The molecule has 1 amide bonds. The van der Waals surface area contributed by atoms with Crippen molar-refractivity contribution in [1.82, 2.24) is 4.90 Å². The van der Waals surface area contributed by atoms with Gasteiger partial charge in [0.15, 0.2) is 0 Å². The Balaban J connectivity index is 2.29. The topological polar surface area (TPSA) is 37.4 Å². The molecule has 0 aromatic heterocycles. The molecule has 3 nitrogen and oxygen atoms in total. The molecule has 1 aliphatic rings. The molecule has 168 valence electrons. The van der Waals surface area contributed by atoms with Gasteiger partial charge in [0.25, 0.3) is 0 Å². The van der Waals surface area contributed by atoms with E-state index in [1.54, 1.807) is 0 Å². The maximum absolute atomic E-state index is 12.3. The monoisotopic (exact) mass is 405 g/mol. The second kappa shape index (κ2) is 17.7. The fraction of sp³-hybridized carbons (Fsp3) is 0.846. The highest BCUT2D eigenvalue weighted by atomic mass is 16.2. The smallest absolute Gasteiger partial charge is 0.223 e. The number of allylic oxidation sites excluding steroid dienone is 1. The van der Waals surface area contributed by atoms with Crippen LogP contribution < -0.4 is 0 Å². The summed E-state index contributed by atoms with van der Waals surface area (Å²) in [7, 11) is 0. The van der Waals surface area contributed by atoms with Crippen molar-refractivity contribution in [3.8, 4) is 0 Å². The Morgan fingerprint density at radius 3 is 2.07 bits per heavy atom. The normalized spacial score (nSPS) is 15.9. The van der Waals surface area contributed by atoms with Crippen molar-refractivity contribution >= 4 is 12.2 Å². The van der Waals surface area contributed by atoms with E-state index in [2.05, 4.69) is 24.8 Å². The maximum Gasteiger partial charge on any atom is 0.223 e. The van der Waals surface area contributed by atoms with Gasteiger partial charge in [-0.2, -0.15) is 0 Å². The van der Waals surface area contributed by atoms with Crippen molar-refractivity contribution in [3.63, 3.8) is 0 Å². The van der Waals surface area contributed by atoms with Crippen LogP contribution in [0.2, 0.25) is 0 Å². The van der Waals surface area contributed by atoms with Gasteiger partial charge in [0.05, 0.1) is 6.04 Å². The average Bonchev–Trinajstić information content (AvgIpc) is 3.14. The van der Waals surface area contributed by atoms with Crippen molar-refractivity contribution in [2.45, 2.75) is 135 Å². The fourth-order valence-electron chi connectivity index (χ4n) is 4.47. The molecule has 29 heavy (non-hydrogen) atoms. The van der Waals surface area contributed by atoms with Gasteiger partial charge in [-0.05, 0) is 39.0 Å². The van der Waals surface area contributed by atoms with E-state index in [0.717, 1.165) is 64.2 Å². The van der Waals surface area contributed by atoms with Crippen molar-refractivity contribution < 1.29 is 9.59 Å². The summed E-state index contributed by atoms with van der Waals surface area (Å²) in [5.41, 5.74) is 1.40. The van der Waals surface area contributed by atoms with Gasteiger partial charge in [0.2, 0.25) is 5.91 Å². The molecule has 1 aliphatic heterocycles. The number of amides is 1. The van der Waals surface area contributed by atoms with Gasteiger partial charge in [0.1, 0.15) is 6.29 Å². The van der Waals surface area contributed by atoms with Crippen LogP contribution in [0.4, 0.5) is 0 Å². The Kier molecular flexibility index (Phi) is 15.8. The number of unbranched alkanes of at least 4 members (excludes halogenated alkanes) is 13. The fourth-order valence-corrected chi connectivity index (χ4v) is 4.47. The van der Waals surface area contributed by atoms with Crippen LogP contribution in [0.1, 0.15) is 129 Å². The van der Waals surface area contributed by atoms with E-state index in [4.69, 9.17) is 0 Å². The van der Waals surface area contributed by atoms with Crippen molar-refractivity contribution in [1.29, 1.82) is 0 Å². The zero-order valence-electron chi connectivity index (χ0n) is 19.4. The van der Waals surface area contributed by atoms with Crippen molar-refractivity contribution in [3.05, 3.63) is 11.6 Å². The Morgan fingerprint density at radius 1 is 0.897 bits per heavy atom. The van der Waals surface area contributed by atoms with Crippen LogP contribution in [0.15, 0.2) is 11.6 Å². The quantitative estimate of drug-likeness (QED) is 0.128. The standard InChI is InChI=1S/C26H47NO2/c1-3-4-5-6-7-8-9-10-12-15-19-24(2)25(27-22-18-21-26(27)29)20-16-13-11-14-17-23-28/h19,23,25H,3-18,20-22H2,1-2H3/b24-19+. The van der Waals surface area contributed by atoms with Crippen LogP contribution in [0.5, 0.6) is 0 Å². The molecule has 0 saturated carbocycles. The van der Waals surface area contributed by atoms with E-state index in [-0.39, 0.29) is 0 Å². The van der Waals surface area contributed by atoms with Gasteiger partial charge < -0.3 is 9.69 Å². The first-order valence-corrected chi connectivity index (χ1v) is 12.6. The first-order chi connectivity index (χ1) is 14.2. The molecular formula is C26H47NO2. The molecule has 1 rings (SSSR count). The first-order valence-electron chi connectivity index (χ1n) is 12.6. The lowest BCUT2D eigenvalue weighted by atomic mass is 9.97. The lowest BCUT2D eigenvalue weighted by Gasteiger charge is -2.29. The number of nitrogens with zero attached hydrogens (tertiary/aromatic N) is 1. The number of hydrogen-bond donors (Lipinski definition) is 0. The summed E-state index contributed by atoms with van der Waals surface area (Å²) >= 11 is 0. The molecule has 0 radical (unpaired) electrons. The molecule has 1 fully saturated rings. The molecular weight excluding hydrogens is 358 g/mol. The van der Waals surface area contributed by atoms with Gasteiger partial charge in [-0.25, -0.2) is 0 Å². The molecule has 1 atom stereocenters. The highest BCUT2D eigenvalue weighted by Crippen LogP contribution is 2.24. The Morgan fingerprint density at radius 2 is 1.48 bits per heavy atom. The number of aldehydes is 1. The highest BCUT2D eigenvalue weighted by Gasteiger charge is 2.28. The molecule has 0 aliphatic carbocycles. The van der Waals surface area contributed by atoms with E-state index in [1.165, 1.54) is 63.4 Å². The second-order valence-corrected chi connectivity index (χ2v) is 8.93. The van der Waals surface area contributed by atoms with Crippen LogP contribution in [-0.4, -0.2) is 29.7 Å². The van der Waals surface area contributed by atoms with Crippen LogP contribution in [0.3, 0.4) is 0 Å². The summed E-state index contributed by atoms with van der Waals surface area (Å²) in [5, 5.41) is 0. The second-order valence-electron chi connectivity index (χ2n) is 8.93. The molecule has 0 bridgehead atoms. The lowest BCUT2D eigenvalue weighted by molar-refractivity contribution is -0.129. The van der Waals surface area contributed by atoms with Gasteiger partial charge in [-0.3, -0.25) is 4.79 Å². The third kappa shape index (κ3) is 12.2. The van der Waals surface area contributed by atoms with Gasteiger partial charge in [-0.15, -0.1) is 0 Å². The van der Waals surface area contributed by atoms with Crippen molar-refractivity contribution in [2.24, 2.45) is 0 Å². The minimum Gasteiger partial charge on any atom is -0.336 e. The van der Waals surface area contributed by atoms with Crippen LogP contribution in [-0.2, 0) is 9.59 Å². The van der Waals surface area contributed by atoms with E-state index >= 15 is 0 Å². The third-order valence-electron chi connectivity index (χ3n) is 6.34. The lowest BCUT2D eigenvalue weighted by Crippen LogP contribution is -2.37. The summed E-state index contributed by atoms with van der Waals surface area (Å²) in [6, 6.07) is 0.301. The molecule has 0 aromatic carbocycles.